The van der Waals surface area contributed by atoms with Gasteiger partial charge in [-0.15, -0.1) is 0 Å². The number of amides is 1. The molecule has 1 heterocycles. The van der Waals surface area contributed by atoms with Crippen LogP contribution in [-0.4, -0.2) is 26.2 Å². The maximum Gasteiger partial charge on any atom is 0.416 e. The number of furan rings is 1. The molecule has 3 aromatic rings. The molecule has 31 heavy (non-hydrogen) atoms. The summed E-state index contributed by atoms with van der Waals surface area (Å²) in [7, 11) is 1.48. The third kappa shape index (κ3) is 6.36. The number of anilines is 1. The van der Waals surface area contributed by atoms with Gasteiger partial charge in [0.25, 0.3) is 0 Å². The van der Waals surface area contributed by atoms with E-state index in [2.05, 4.69) is 5.32 Å². The molecule has 0 aliphatic heterocycles. The number of ether oxygens (including phenoxy) is 2. The van der Waals surface area contributed by atoms with E-state index >= 15 is 0 Å². The van der Waals surface area contributed by atoms with Crippen molar-refractivity contribution in [2.45, 2.75) is 19.0 Å². The van der Waals surface area contributed by atoms with Crippen LogP contribution in [0.25, 0.3) is 11.3 Å². The predicted molar refractivity (Wildman–Crippen MR) is 110 cm³/mol. The number of hydrogen-bond donors (Lipinski definition) is 1. The van der Waals surface area contributed by atoms with E-state index in [0.29, 0.717) is 17.9 Å². The quantitative estimate of drug-likeness (QED) is 0.449. The second kappa shape index (κ2) is 10.2. The second-order valence-electron chi connectivity index (χ2n) is 6.73. The molecule has 0 spiro atoms. The lowest BCUT2D eigenvalue weighted by Gasteiger charge is -2.15. The summed E-state index contributed by atoms with van der Waals surface area (Å²) in [6.45, 7) is 0.399. The van der Waals surface area contributed by atoms with E-state index in [9.17, 15) is 18.0 Å². The maximum atomic E-state index is 13.1. The predicted octanol–water partition coefficient (Wildman–Crippen LogP) is 5.56. The molecule has 0 aliphatic rings. The molecule has 164 valence electrons. The van der Waals surface area contributed by atoms with Crippen molar-refractivity contribution in [2.24, 2.45) is 0 Å². The first kappa shape index (κ1) is 22.4. The van der Waals surface area contributed by atoms with Crippen LogP contribution in [0.15, 0.2) is 65.1 Å². The Hall–Kier alpha value is -3.26. The standard InChI is InChI=1S/C23H22F3NO4/c1-29-13-14-30-21-10-7-17(23(24,25)26)15-19(21)27-22(28)12-9-18-8-11-20(31-18)16-5-3-2-4-6-16/h2-8,10-11,15H,9,12-14H2,1H3,(H,27,28). The third-order valence-corrected chi connectivity index (χ3v) is 4.44. The van der Waals surface area contributed by atoms with Crippen molar-refractivity contribution < 1.29 is 31.9 Å². The zero-order valence-electron chi connectivity index (χ0n) is 16.9. The van der Waals surface area contributed by atoms with Gasteiger partial charge in [-0.3, -0.25) is 4.79 Å². The lowest BCUT2D eigenvalue weighted by Crippen LogP contribution is -2.15. The Labute approximate surface area is 177 Å². The molecule has 0 saturated heterocycles. The molecule has 0 radical (unpaired) electrons. The van der Waals surface area contributed by atoms with E-state index in [4.69, 9.17) is 13.9 Å². The number of benzene rings is 2. The third-order valence-electron chi connectivity index (χ3n) is 4.44. The molecule has 0 fully saturated rings. The van der Waals surface area contributed by atoms with Crippen LogP contribution in [0.1, 0.15) is 17.7 Å². The Morgan fingerprint density at radius 3 is 2.52 bits per heavy atom. The van der Waals surface area contributed by atoms with Crippen molar-refractivity contribution in [1.29, 1.82) is 0 Å². The average molecular weight is 433 g/mol. The van der Waals surface area contributed by atoms with Crippen molar-refractivity contribution in [3.63, 3.8) is 0 Å². The summed E-state index contributed by atoms with van der Waals surface area (Å²) in [5.74, 6) is 0.980. The number of carbonyl (C=O) groups excluding carboxylic acids is 1. The summed E-state index contributed by atoms with van der Waals surface area (Å²) < 4.78 is 55.3. The first-order valence-corrected chi connectivity index (χ1v) is 9.64. The minimum atomic E-state index is -4.54. The molecule has 0 aliphatic carbocycles. The number of carbonyl (C=O) groups is 1. The van der Waals surface area contributed by atoms with Crippen molar-refractivity contribution in [1.82, 2.24) is 0 Å². The number of alkyl halides is 3. The van der Waals surface area contributed by atoms with E-state index in [1.54, 1.807) is 6.07 Å². The summed E-state index contributed by atoms with van der Waals surface area (Å²) in [6, 6.07) is 16.1. The van der Waals surface area contributed by atoms with Crippen LogP contribution < -0.4 is 10.1 Å². The first-order chi connectivity index (χ1) is 14.9. The molecule has 1 amide bonds. The Balaban J connectivity index is 1.65. The summed E-state index contributed by atoms with van der Waals surface area (Å²) in [5, 5.41) is 2.51. The summed E-state index contributed by atoms with van der Waals surface area (Å²) in [5.41, 5.74) is 0.000734. The fraction of sp³-hybridized carbons (Fsp3) is 0.261. The van der Waals surface area contributed by atoms with Gasteiger partial charge in [-0.2, -0.15) is 13.2 Å². The Bertz CT molecular complexity index is 1000. The SMILES string of the molecule is COCCOc1ccc(C(F)(F)F)cc1NC(=O)CCc1ccc(-c2ccccc2)o1. The lowest BCUT2D eigenvalue weighted by atomic mass is 10.1. The Morgan fingerprint density at radius 2 is 1.81 bits per heavy atom. The highest BCUT2D eigenvalue weighted by Crippen LogP contribution is 2.35. The number of aryl methyl sites for hydroxylation is 1. The second-order valence-corrected chi connectivity index (χ2v) is 6.73. The minimum absolute atomic E-state index is 0.0372. The minimum Gasteiger partial charge on any atom is -0.489 e. The molecule has 5 nitrogen and oxygen atoms in total. The van der Waals surface area contributed by atoms with E-state index in [-0.39, 0.29) is 31.1 Å². The van der Waals surface area contributed by atoms with Gasteiger partial charge in [-0.05, 0) is 30.3 Å². The normalized spacial score (nSPS) is 11.4. The van der Waals surface area contributed by atoms with Crippen LogP contribution in [0.4, 0.5) is 18.9 Å². The first-order valence-electron chi connectivity index (χ1n) is 9.64. The van der Waals surface area contributed by atoms with Crippen LogP contribution in [0.2, 0.25) is 0 Å². The van der Waals surface area contributed by atoms with Gasteiger partial charge in [0.2, 0.25) is 5.91 Å². The molecule has 2 aromatic carbocycles. The molecule has 8 heteroatoms. The summed E-state index contributed by atoms with van der Waals surface area (Å²) in [6.07, 6.45) is -4.19. The molecule has 0 atom stereocenters. The van der Waals surface area contributed by atoms with Crippen LogP contribution in [0.3, 0.4) is 0 Å². The number of nitrogens with one attached hydrogen (secondary N) is 1. The van der Waals surface area contributed by atoms with Crippen LogP contribution in [0, 0.1) is 0 Å². The topological polar surface area (TPSA) is 60.7 Å². The number of rotatable bonds is 9. The van der Waals surface area contributed by atoms with Crippen molar-refractivity contribution in [2.75, 3.05) is 25.6 Å². The monoisotopic (exact) mass is 433 g/mol. The largest absolute Gasteiger partial charge is 0.489 e. The molecule has 3 rings (SSSR count). The molecular weight excluding hydrogens is 411 g/mol. The molecule has 0 saturated carbocycles. The van der Waals surface area contributed by atoms with Crippen molar-refractivity contribution >= 4 is 11.6 Å². The highest BCUT2D eigenvalue weighted by Gasteiger charge is 2.31. The fourth-order valence-corrected chi connectivity index (χ4v) is 2.88. The van der Waals surface area contributed by atoms with Crippen molar-refractivity contribution in [3.05, 3.63) is 72.0 Å². The highest BCUT2D eigenvalue weighted by molar-refractivity contribution is 5.92. The molecule has 1 aromatic heterocycles. The van der Waals surface area contributed by atoms with Gasteiger partial charge in [0, 0.05) is 25.5 Å². The highest BCUT2D eigenvalue weighted by atomic mass is 19.4. The fourth-order valence-electron chi connectivity index (χ4n) is 2.88. The zero-order valence-corrected chi connectivity index (χ0v) is 16.9. The van der Waals surface area contributed by atoms with Gasteiger partial charge >= 0.3 is 6.18 Å². The molecule has 0 bridgehead atoms. The van der Waals surface area contributed by atoms with Gasteiger partial charge in [0.05, 0.1) is 17.9 Å². The van der Waals surface area contributed by atoms with E-state index in [0.717, 1.165) is 17.7 Å². The van der Waals surface area contributed by atoms with E-state index in [1.165, 1.54) is 13.2 Å². The van der Waals surface area contributed by atoms with E-state index < -0.39 is 17.6 Å². The zero-order chi connectivity index (χ0) is 22.3. The molecular formula is C23H22F3NO4. The van der Waals surface area contributed by atoms with Crippen molar-refractivity contribution in [3.8, 4) is 17.1 Å². The van der Waals surface area contributed by atoms with Gasteiger partial charge in [0.1, 0.15) is 23.9 Å². The van der Waals surface area contributed by atoms with Gasteiger partial charge < -0.3 is 19.2 Å². The van der Waals surface area contributed by atoms with Crippen LogP contribution >= 0.6 is 0 Å². The number of methoxy groups -OCH3 is 1. The Kier molecular flexibility index (Phi) is 7.36. The summed E-state index contributed by atoms with van der Waals surface area (Å²) in [4.78, 5) is 12.4. The smallest absolute Gasteiger partial charge is 0.416 e. The van der Waals surface area contributed by atoms with E-state index in [1.807, 2.05) is 36.4 Å². The van der Waals surface area contributed by atoms with Gasteiger partial charge in [0.15, 0.2) is 0 Å². The summed E-state index contributed by atoms with van der Waals surface area (Å²) >= 11 is 0. The maximum absolute atomic E-state index is 13.1. The number of hydrogen-bond acceptors (Lipinski definition) is 4. The van der Waals surface area contributed by atoms with Crippen LogP contribution in [-0.2, 0) is 22.1 Å². The van der Waals surface area contributed by atoms with Crippen LogP contribution in [0.5, 0.6) is 5.75 Å². The lowest BCUT2D eigenvalue weighted by molar-refractivity contribution is -0.137. The van der Waals surface area contributed by atoms with Gasteiger partial charge in [-0.25, -0.2) is 0 Å². The Morgan fingerprint density at radius 1 is 1.03 bits per heavy atom. The molecule has 0 unspecified atom stereocenters. The average Bonchev–Trinajstić information content (AvgIpc) is 3.22. The molecule has 1 N–H and O–H groups in total. The number of halogens is 3. The van der Waals surface area contributed by atoms with Gasteiger partial charge in [-0.1, -0.05) is 30.3 Å².